The van der Waals surface area contributed by atoms with E-state index in [0.717, 1.165) is 16.9 Å². The Morgan fingerprint density at radius 1 is 1.00 bits per heavy atom. The van der Waals surface area contributed by atoms with E-state index in [1.807, 2.05) is 55.5 Å². The maximum absolute atomic E-state index is 5.69. The predicted molar refractivity (Wildman–Crippen MR) is 88.0 cm³/mol. The number of para-hydroxylation sites is 1. The number of aromatic nitrogens is 2. The summed E-state index contributed by atoms with van der Waals surface area (Å²) in [6.45, 7) is 3.23. The van der Waals surface area contributed by atoms with E-state index in [0.29, 0.717) is 24.9 Å². The van der Waals surface area contributed by atoms with Crippen molar-refractivity contribution in [2.45, 2.75) is 20.0 Å². The van der Waals surface area contributed by atoms with Gasteiger partial charge in [0.25, 0.3) is 0 Å². The van der Waals surface area contributed by atoms with Crippen LogP contribution in [0.5, 0.6) is 5.75 Å². The van der Waals surface area contributed by atoms with E-state index in [2.05, 4.69) is 15.5 Å². The fraction of sp³-hybridized carbons (Fsp3) is 0.222. The minimum atomic E-state index is 0.511. The molecule has 0 aliphatic carbocycles. The van der Waals surface area contributed by atoms with E-state index in [-0.39, 0.29) is 0 Å². The third-order valence-electron chi connectivity index (χ3n) is 3.55. The molecule has 1 N–H and O–H groups in total. The van der Waals surface area contributed by atoms with Crippen LogP contribution in [-0.4, -0.2) is 17.3 Å². The van der Waals surface area contributed by atoms with Crippen molar-refractivity contribution in [3.05, 3.63) is 65.5 Å². The lowest BCUT2D eigenvalue weighted by Gasteiger charge is -2.07. The van der Waals surface area contributed by atoms with E-state index < -0.39 is 0 Å². The van der Waals surface area contributed by atoms with Crippen molar-refractivity contribution >= 4 is 0 Å². The number of hydrogen-bond donors (Lipinski definition) is 1. The molecule has 5 nitrogen and oxygen atoms in total. The zero-order valence-electron chi connectivity index (χ0n) is 13.2. The van der Waals surface area contributed by atoms with Crippen LogP contribution in [0.4, 0.5) is 0 Å². The second-order valence-electron chi connectivity index (χ2n) is 5.28. The van der Waals surface area contributed by atoms with Crippen molar-refractivity contribution in [1.82, 2.24) is 15.5 Å². The molecule has 0 amide bonds. The number of rotatable bonds is 6. The van der Waals surface area contributed by atoms with Crippen LogP contribution in [0.1, 0.15) is 17.0 Å². The standard InChI is InChI=1S/C18H19N3O2/c1-13-7-9-14(10-8-13)18-21-20-17(23-18)12-19-11-15-5-3-4-6-16(15)22-2/h3-10,19H,11-12H2,1-2H3. The van der Waals surface area contributed by atoms with Gasteiger partial charge in [0.1, 0.15) is 5.75 Å². The van der Waals surface area contributed by atoms with Crippen LogP contribution in [0.15, 0.2) is 52.9 Å². The van der Waals surface area contributed by atoms with Crippen molar-refractivity contribution in [2.24, 2.45) is 0 Å². The molecule has 0 saturated carbocycles. The first-order valence-corrected chi connectivity index (χ1v) is 7.48. The van der Waals surface area contributed by atoms with Gasteiger partial charge in [-0.2, -0.15) is 0 Å². The van der Waals surface area contributed by atoms with E-state index in [1.54, 1.807) is 7.11 Å². The quantitative estimate of drug-likeness (QED) is 0.756. The Balaban J connectivity index is 1.60. The van der Waals surface area contributed by atoms with Crippen LogP contribution in [-0.2, 0) is 13.1 Å². The molecule has 118 valence electrons. The van der Waals surface area contributed by atoms with E-state index >= 15 is 0 Å². The molecular formula is C18H19N3O2. The molecule has 0 bridgehead atoms. The second kappa shape index (κ2) is 7.07. The number of hydrogen-bond acceptors (Lipinski definition) is 5. The molecule has 0 saturated heterocycles. The third kappa shape index (κ3) is 3.76. The molecule has 0 fully saturated rings. The highest BCUT2D eigenvalue weighted by molar-refractivity contribution is 5.52. The van der Waals surface area contributed by atoms with Crippen LogP contribution in [0, 0.1) is 6.92 Å². The van der Waals surface area contributed by atoms with Gasteiger partial charge < -0.3 is 14.5 Å². The summed E-state index contributed by atoms with van der Waals surface area (Å²) in [5, 5.41) is 11.5. The lowest BCUT2D eigenvalue weighted by Crippen LogP contribution is -2.13. The normalized spacial score (nSPS) is 10.7. The fourth-order valence-electron chi connectivity index (χ4n) is 2.29. The molecule has 23 heavy (non-hydrogen) atoms. The van der Waals surface area contributed by atoms with E-state index in [9.17, 15) is 0 Å². The highest BCUT2D eigenvalue weighted by Crippen LogP contribution is 2.19. The summed E-state index contributed by atoms with van der Waals surface area (Å²) in [7, 11) is 1.67. The lowest BCUT2D eigenvalue weighted by atomic mass is 10.1. The van der Waals surface area contributed by atoms with Gasteiger partial charge >= 0.3 is 0 Å². The summed E-state index contributed by atoms with van der Waals surface area (Å²) >= 11 is 0. The first kappa shape index (κ1) is 15.2. The maximum Gasteiger partial charge on any atom is 0.247 e. The Bertz CT molecular complexity index is 766. The monoisotopic (exact) mass is 309 g/mol. The van der Waals surface area contributed by atoms with Crippen molar-refractivity contribution in [1.29, 1.82) is 0 Å². The molecule has 0 spiro atoms. The number of benzene rings is 2. The van der Waals surface area contributed by atoms with Gasteiger partial charge in [-0.25, -0.2) is 0 Å². The number of methoxy groups -OCH3 is 1. The van der Waals surface area contributed by atoms with Gasteiger partial charge in [0.15, 0.2) is 0 Å². The molecule has 2 aromatic carbocycles. The molecule has 1 aromatic heterocycles. The first-order chi connectivity index (χ1) is 11.3. The van der Waals surface area contributed by atoms with Gasteiger partial charge in [-0.1, -0.05) is 35.9 Å². The molecule has 3 aromatic rings. The summed E-state index contributed by atoms with van der Waals surface area (Å²) in [5.74, 6) is 1.97. The van der Waals surface area contributed by atoms with Crippen LogP contribution in [0.2, 0.25) is 0 Å². The average Bonchev–Trinajstić information content (AvgIpc) is 3.05. The van der Waals surface area contributed by atoms with Gasteiger partial charge in [-0.15, -0.1) is 10.2 Å². The number of nitrogens with zero attached hydrogens (tertiary/aromatic N) is 2. The topological polar surface area (TPSA) is 60.2 Å². The number of aryl methyl sites for hydroxylation is 1. The SMILES string of the molecule is COc1ccccc1CNCc1nnc(-c2ccc(C)cc2)o1. The maximum atomic E-state index is 5.69. The highest BCUT2D eigenvalue weighted by atomic mass is 16.5. The smallest absolute Gasteiger partial charge is 0.247 e. The molecule has 0 aliphatic rings. The molecule has 5 heteroatoms. The van der Waals surface area contributed by atoms with Gasteiger partial charge in [-0.3, -0.25) is 0 Å². The van der Waals surface area contributed by atoms with Gasteiger partial charge in [0.05, 0.1) is 13.7 Å². The largest absolute Gasteiger partial charge is 0.496 e. The van der Waals surface area contributed by atoms with Gasteiger partial charge in [0.2, 0.25) is 11.8 Å². The van der Waals surface area contributed by atoms with Crippen LogP contribution >= 0.6 is 0 Å². The zero-order valence-corrected chi connectivity index (χ0v) is 13.2. The third-order valence-corrected chi connectivity index (χ3v) is 3.55. The van der Waals surface area contributed by atoms with Crippen LogP contribution < -0.4 is 10.1 Å². The van der Waals surface area contributed by atoms with Crippen LogP contribution in [0.3, 0.4) is 0 Å². The average molecular weight is 309 g/mol. The Morgan fingerprint density at radius 2 is 1.78 bits per heavy atom. The minimum Gasteiger partial charge on any atom is -0.496 e. The summed E-state index contributed by atoms with van der Waals surface area (Å²) in [4.78, 5) is 0. The van der Waals surface area contributed by atoms with Crippen molar-refractivity contribution in [3.8, 4) is 17.2 Å². The lowest BCUT2D eigenvalue weighted by molar-refractivity contribution is 0.406. The highest BCUT2D eigenvalue weighted by Gasteiger charge is 2.08. The van der Waals surface area contributed by atoms with Gasteiger partial charge in [0, 0.05) is 17.7 Å². The zero-order chi connectivity index (χ0) is 16.1. The molecule has 0 radical (unpaired) electrons. The molecule has 1 heterocycles. The van der Waals surface area contributed by atoms with Crippen LogP contribution in [0.25, 0.3) is 11.5 Å². The Labute approximate surface area is 135 Å². The van der Waals surface area contributed by atoms with Crippen molar-refractivity contribution in [2.75, 3.05) is 7.11 Å². The first-order valence-electron chi connectivity index (χ1n) is 7.48. The molecular weight excluding hydrogens is 290 g/mol. The Hall–Kier alpha value is -2.66. The fourth-order valence-corrected chi connectivity index (χ4v) is 2.29. The predicted octanol–water partition coefficient (Wildman–Crippen LogP) is 3.34. The summed E-state index contributed by atoms with van der Waals surface area (Å²) < 4.78 is 11.0. The second-order valence-corrected chi connectivity index (χ2v) is 5.28. The molecule has 0 aliphatic heterocycles. The minimum absolute atomic E-state index is 0.511. The Kier molecular flexibility index (Phi) is 4.68. The summed E-state index contributed by atoms with van der Waals surface area (Å²) in [5.41, 5.74) is 3.22. The molecule has 0 atom stereocenters. The van der Waals surface area contributed by atoms with Crippen molar-refractivity contribution < 1.29 is 9.15 Å². The molecule has 0 unspecified atom stereocenters. The summed E-state index contributed by atoms with van der Waals surface area (Å²) in [6, 6.07) is 15.9. The summed E-state index contributed by atoms with van der Waals surface area (Å²) in [6.07, 6.45) is 0. The number of nitrogens with one attached hydrogen (secondary N) is 1. The number of ether oxygens (including phenoxy) is 1. The van der Waals surface area contributed by atoms with Crippen molar-refractivity contribution in [3.63, 3.8) is 0 Å². The van der Waals surface area contributed by atoms with E-state index in [4.69, 9.17) is 9.15 Å². The Morgan fingerprint density at radius 3 is 2.57 bits per heavy atom. The van der Waals surface area contributed by atoms with E-state index in [1.165, 1.54) is 5.56 Å². The van der Waals surface area contributed by atoms with Gasteiger partial charge in [-0.05, 0) is 25.1 Å². The molecule has 3 rings (SSSR count).